The number of halogens is 1. The number of hydrogen-bond donors (Lipinski definition) is 1. The van der Waals surface area contributed by atoms with Crippen LogP contribution in [0.1, 0.15) is 6.42 Å². The van der Waals surface area contributed by atoms with Gasteiger partial charge in [0.05, 0.1) is 6.61 Å². The first-order valence-corrected chi connectivity index (χ1v) is 3.76. The van der Waals surface area contributed by atoms with Gasteiger partial charge in [0, 0.05) is 25.1 Å². The third-order valence-electron chi connectivity index (χ3n) is 2.63. The van der Waals surface area contributed by atoms with E-state index < -0.39 is 6.17 Å². The molecule has 2 fully saturated rings. The monoisotopic (exact) mass is 145 g/mol. The van der Waals surface area contributed by atoms with E-state index in [1.807, 2.05) is 0 Å². The van der Waals surface area contributed by atoms with E-state index >= 15 is 0 Å². The molecule has 0 unspecified atom stereocenters. The Kier molecular flexibility index (Phi) is 1.42. The predicted molar refractivity (Wildman–Crippen MR) is 35.6 cm³/mol. The van der Waals surface area contributed by atoms with Crippen molar-refractivity contribution in [3.8, 4) is 0 Å². The lowest BCUT2D eigenvalue weighted by Crippen LogP contribution is -2.61. The van der Waals surface area contributed by atoms with Gasteiger partial charge in [-0.05, 0) is 6.42 Å². The van der Waals surface area contributed by atoms with Crippen LogP contribution in [0.4, 0.5) is 4.39 Å². The van der Waals surface area contributed by atoms with E-state index in [9.17, 15) is 4.39 Å². The van der Waals surface area contributed by atoms with Crippen LogP contribution < -0.4 is 5.32 Å². The van der Waals surface area contributed by atoms with Gasteiger partial charge in [-0.2, -0.15) is 0 Å². The van der Waals surface area contributed by atoms with Crippen molar-refractivity contribution in [2.24, 2.45) is 5.41 Å². The molecule has 10 heavy (non-hydrogen) atoms. The maximum absolute atomic E-state index is 13.1. The minimum atomic E-state index is -0.734. The summed E-state index contributed by atoms with van der Waals surface area (Å²) in [5.41, 5.74) is -0.0434. The van der Waals surface area contributed by atoms with Gasteiger partial charge in [-0.3, -0.25) is 0 Å². The summed E-state index contributed by atoms with van der Waals surface area (Å²) in [6.45, 7) is 2.73. The molecule has 0 aromatic carbocycles. The highest BCUT2D eigenvalue weighted by Crippen LogP contribution is 2.36. The van der Waals surface area contributed by atoms with E-state index in [4.69, 9.17) is 4.74 Å². The lowest BCUT2D eigenvalue weighted by Gasteiger charge is -2.47. The maximum Gasteiger partial charge on any atom is 0.131 e. The molecule has 2 rings (SSSR count). The van der Waals surface area contributed by atoms with Crippen molar-refractivity contribution in [1.29, 1.82) is 0 Å². The molecule has 1 atom stereocenters. The molecule has 2 saturated heterocycles. The fraction of sp³-hybridized carbons (Fsp3) is 1.00. The van der Waals surface area contributed by atoms with Crippen molar-refractivity contribution in [2.45, 2.75) is 12.6 Å². The molecule has 0 radical (unpaired) electrons. The van der Waals surface area contributed by atoms with E-state index in [1.54, 1.807) is 0 Å². The molecular weight excluding hydrogens is 133 g/mol. The van der Waals surface area contributed by atoms with Crippen molar-refractivity contribution < 1.29 is 9.13 Å². The first-order valence-electron chi connectivity index (χ1n) is 3.76. The van der Waals surface area contributed by atoms with E-state index in [-0.39, 0.29) is 5.41 Å². The molecule has 0 saturated carbocycles. The summed E-state index contributed by atoms with van der Waals surface area (Å²) in [4.78, 5) is 0. The van der Waals surface area contributed by atoms with Crippen LogP contribution in [0.15, 0.2) is 0 Å². The molecule has 1 spiro atoms. The van der Waals surface area contributed by atoms with E-state index in [1.165, 1.54) is 0 Å². The Balaban J connectivity index is 2.03. The molecule has 0 bridgehead atoms. The molecule has 0 aromatic rings. The van der Waals surface area contributed by atoms with Crippen LogP contribution in [0.2, 0.25) is 0 Å². The first kappa shape index (κ1) is 6.55. The Bertz CT molecular complexity index is 136. The highest BCUT2D eigenvalue weighted by atomic mass is 19.1. The van der Waals surface area contributed by atoms with E-state index in [2.05, 4.69) is 5.32 Å². The summed E-state index contributed by atoms with van der Waals surface area (Å²) in [5, 5.41) is 3.11. The van der Waals surface area contributed by atoms with Crippen molar-refractivity contribution in [3.05, 3.63) is 0 Å². The third-order valence-corrected chi connectivity index (χ3v) is 2.63. The van der Waals surface area contributed by atoms with Gasteiger partial charge in [0.15, 0.2) is 0 Å². The molecule has 2 aliphatic rings. The lowest BCUT2D eigenvalue weighted by molar-refractivity contribution is -0.0819. The topological polar surface area (TPSA) is 21.3 Å². The normalized spacial score (nSPS) is 37.5. The summed E-state index contributed by atoms with van der Waals surface area (Å²) < 4.78 is 18.1. The lowest BCUT2D eigenvalue weighted by atomic mass is 9.74. The standard InChI is InChI=1S/C7H12FNO/c8-6-3-10-2-1-7(6)4-9-5-7/h6,9H,1-5H2/t6-/m0/s1. The minimum Gasteiger partial charge on any atom is -0.378 e. The van der Waals surface area contributed by atoms with E-state index in [0.29, 0.717) is 6.61 Å². The van der Waals surface area contributed by atoms with Crippen LogP contribution in [0.25, 0.3) is 0 Å². The number of hydrogen-bond acceptors (Lipinski definition) is 2. The van der Waals surface area contributed by atoms with Gasteiger partial charge in [0.1, 0.15) is 6.17 Å². The van der Waals surface area contributed by atoms with Gasteiger partial charge in [-0.25, -0.2) is 4.39 Å². The van der Waals surface area contributed by atoms with Crippen LogP contribution >= 0.6 is 0 Å². The largest absolute Gasteiger partial charge is 0.378 e. The summed E-state index contributed by atoms with van der Waals surface area (Å²) in [6.07, 6.45) is 0.156. The molecule has 2 nitrogen and oxygen atoms in total. The Morgan fingerprint density at radius 2 is 2.30 bits per heavy atom. The maximum atomic E-state index is 13.1. The van der Waals surface area contributed by atoms with Gasteiger partial charge in [-0.15, -0.1) is 0 Å². The van der Waals surface area contributed by atoms with Crippen LogP contribution in [-0.2, 0) is 4.74 Å². The second-order valence-electron chi connectivity index (χ2n) is 3.26. The Labute approximate surface area is 59.7 Å². The van der Waals surface area contributed by atoms with Crippen molar-refractivity contribution in [3.63, 3.8) is 0 Å². The summed E-state index contributed by atoms with van der Waals surface area (Å²) in [5.74, 6) is 0. The number of alkyl halides is 1. The van der Waals surface area contributed by atoms with Crippen LogP contribution in [0.3, 0.4) is 0 Å². The zero-order valence-corrected chi connectivity index (χ0v) is 5.90. The molecule has 3 heteroatoms. The van der Waals surface area contributed by atoms with Gasteiger partial charge in [0.2, 0.25) is 0 Å². The molecule has 0 aromatic heterocycles. The number of ether oxygens (including phenoxy) is 1. The Hall–Kier alpha value is -0.150. The third kappa shape index (κ3) is 0.772. The van der Waals surface area contributed by atoms with Gasteiger partial charge < -0.3 is 10.1 Å². The highest BCUT2D eigenvalue weighted by molar-refractivity contribution is 4.99. The fourth-order valence-corrected chi connectivity index (χ4v) is 1.64. The fourth-order valence-electron chi connectivity index (χ4n) is 1.64. The second-order valence-corrected chi connectivity index (χ2v) is 3.26. The van der Waals surface area contributed by atoms with Crippen molar-refractivity contribution >= 4 is 0 Å². The first-order chi connectivity index (χ1) is 4.83. The average molecular weight is 145 g/mol. The van der Waals surface area contributed by atoms with Gasteiger partial charge in [-0.1, -0.05) is 0 Å². The number of nitrogens with one attached hydrogen (secondary N) is 1. The molecular formula is C7H12FNO. The molecule has 0 amide bonds. The van der Waals surface area contributed by atoms with E-state index in [0.717, 1.165) is 26.1 Å². The average Bonchev–Trinajstić information content (AvgIpc) is 1.85. The predicted octanol–water partition coefficient (Wildman–Crippen LogP) is 0.334. The minimum absolute atomic E-state index is 0.0434. The molecule has 0 aliphatic carbocycles. The van der Waals surface area contributed by atoms with Crippen molar-refractivity contribution in [2.75, 3.05) is 26.3 Å². The summed E-state index contributed by atoms with van der Waals surface area (Å²) in [6, 6.07) is 0. The molecule has 1 N–H and O–H groups in total. The highest BCUT2D eigenvalue weighted by Gasteiger charge is 2.46. The van der Waals surface area contributed by atoms with Gasteiger partial charge in [0.25, 0.3) is 0 Å². The molecule has 58 valence electrons. The van der Waals surface area contributed by atoms with Crippen LogP contribution in [0.5, 0.6) is 0 Å². The Morgan fingerprint density at radius 3 is 2.70 bits per heavy atom. The van der Waals surface area contributed by atoms with Crippen LogP contribution in [0, 0.1) is 5.41 Å². The summed E-state index contributed by atoms with van der Waals surface area (Å²) in [7, 11) is 0. The number of rotatable bonds is 0. The Morgan fingerprint density at radius 1 is 1.50 bits per heavy atom. The quantitative estimate of drug-likeness (QED) is 0.530. The van der Waals surface area contributed by atoms with Crippen molar-refractivity contribution in [1.82, 2.24) is 5.32 Å². The SMILES string of the molecule is F[C@H]1COCCC12CNC2. The zero-order chi connectivity index (χ0) is 7.03. The second kappa shape index (κ2) is 2.17. The summed E-state index contributed by atoms with van der Waals surface area (Å²) >= 11 is 0. The molecule has 2 heterocycles. The van der Waals surface area contributed by atoms with Crippen LogP contribution in [-0.4, -0.2) is 32.5 Å². The molecule has 2 aliphatic heterocycles. The van der Waals surface area contributed by atoms with Gasteiger partial charge >= 0.3 is 0 Å². The zero-order valence-electron chi connectivity index (χ0n) is 5.90. The smallest absolute Gasteiger partial charge is 0.131 e.